The summed E-state index contributed by atoms with van der Waals surface area (Å²) in [4.78, 5) is 13.9. The van der Waals surface area contributed by atoms with Crippen LogP contribution in [0, 0.1) is 0 Å². The summed E-state index contributed by atoms with van der Waals surface area (Å²) in [6, 6.07) is 0.0230. The van der Waals surface area contributed by atoms with Crippen molar-refractivity contribution >= 4 is 6.09 Å². The van der Waals surface area contributed by atoms with Gasteiger partial charge in [0.25, 0.3) is 0 Å². The first kappa shape index (κ1) is 15.2. The van der Waals surface area contributed by atoms with Gasteiger partial charge in [-0.2, -0.15) is 0 Å². The van der Waals surface area contributed by atoms with Gasteiger partial charge in [-0.25, -0.2) is 4.79 Å². The quantitative estimate of drug-likeness (QED) is 0.841. The molecule has 106 valence electrons. The van der Waals surface area contributed by atoms with Crippen LogP contribution in [0.5, 0.6) is 0 Å². The Morgan fingerprint density at radius 2 is 2.11 bits per heavy atom. The van der Waals surface area contributed by atoms with E-state index < -0.39 is 11.3 Å². The monoisotopic (exact) mass is 258 g/mol. The van der Waals surface area contributed by atoms with Gasteiger partial charge in [0.05, 0.1) is 12.6 Å². The Morgan fingerprint density at radius 1 is 1.50 bits per heavy atom. The van der Waals surface area contributed by atoms with Gasteiger partial charge in [-0.05, 0) is 41.2 Å². The van der Waals surface area contributed by atoms with E-state index in [-0.39, 0.29) is 12.1 Å². The molecule has 0 spiro atoms. The summed E-state index contributed by atoms with van der Waals surface area (Å²) in [5.41, 5.74) is -1.10. The average Bonchev–Trinajstić information content (AvgIpc) is 2.48. The standard InChI is InChI=1S/C13H26N2O3/c1-7-14-8-10-9-17-13(5,6)15(10)11(16)18-12(2,3)4/h10,14H,7-9H2,1-6H3. The fourth-order valence-corrected chi connectivity index (χ4v) is 2.03. The summed E-state index contributed by atoms with van der Waals surface area (Å²) >= 11 is 0. The molecule has 1 aliphatic heterocycles. The minimum atomic E-state index is -0.609. The highest BCUT2D eigenvalue weighted by atomic mass is 16.6. The van der Waals surface area contributed by atoms with Crippen LogP contribution in [0.25, 0.3) is 0 Å². The molecule has 0 aliphatic carbocycles. The molecular formula is C13H26N2O3. The van der Waals surface area contributed by atoms with E-state index >= 15 is 0 Å². The summed E-state index contributed by atoms with van der Waals surface area (Å²) in [6.45, 7) is 13.6. The summed E-state index contributed by atoms with van der Waals surface area (Å²) in [7, 11) is 0. The number of nitrogens with one attached hydrogen (secondary N) is 1. The van der Waals surface area contributed by atoms with Crippen molar-refractivity contribution in [2.45, 2.75) is 58.9 Å². The fourth-order valence-electron chi connectivity index (χ4n) is 2.03. The molecule has 1 atom stereocenters. The molecule has 18 heavy (non-hydrogen) atoms. The molecule has 1 saturated heterocycles. The molecule has 5 nitrogen and oxygen atoms in total. The zero-order valence-electron chi connectivity index (χ0n) is 12.4. The Hall–Kier alpha value is -0.810. The molecule has 1 fully saturated rings. The molecule has 0 radical (unpaired) electrons. The number of likely N-dealkylation sites (N-methyl/N-ethyl adjacent to an activating group) is 1. The van der Waals surface area contributed by atoms with E-state index in [1.165, 1.54) is 0 Å². The van der Waals surface area contributed by atoms with Crippen LogP contribution in [-0.2, 0) is 9.47 Å². The van der Waals surface area contributed by atoms with Gasteiger partial charge in [0.2, 0.25) is 0 Å². The third kappa shape index (κ3) is 3.85. The number of amides is 1. The molecule has 5 heteroatoms. The van der Waals surface area contributed by atoms with Crippen molar-refractivity contribution in [1.29, 1.82) is 0 Å². The molecule has 0 aromatic rings. The minimum Gasteiger partial charge on any atom is -0.444 e. The third-order valence-electron chi connectivity index (χ3n) is 2.79. The first-order chi connectivity index (χ1) is 8.17. The zero-order chi connectivity index (χ0) is 14.0. The maximum Gasteiger partial charge on any atom is 0.412 e. The molecule has 0 bridgehead atoms. The van der Waals surface area contributed by atoms with Crippen molar-refractivity contribution in [1.82, 2.24) is 10.2 Å². The lowest BCUT2D eigenvalue weighted by Crippen LogP contribution is -2.52. The molecule has 1 unspecified atom stereocenters. The van der Waals surface area contributed by atoms with Crippen molar-refractivity contribution in [2.75, 3.05) is 19.7 Å². The van der Waals surface area contributed by atoms with Crippen LogP contribution in [0.3, 0.4) is 0 Å². The number of carbonyl (C=O) groups excluding carboxylic acids is 1. The van der Waals surface area contributed by atoms with Gasteiger partial charge >= 0.3 is 6.09 Å². The second-order valence-electron chi connectivity index (χ2n) is 6.07. The maximum atomic E-state index is 12.2. The number of rotatable bonds is 3. The number of nitrogens with zero attached hydrogens (tertiary/aromatic N) is 1. The molecule has 0 aromatic carbocycles. The topological polar surface area (TPSA) is 50.8 Å². The number of ether oxygens (including phenoxy) is 2. The molecule has 1 rings (SSSR count). The summed E-state index contributed by atoms with van der Waals surface area (Å²) in [5, 5.41) is 3.25. The summed E-state index contributed by atoms with van der Waals surface area (Å²) in [6.07, 6.45) is -0.312. The van der Waals surface area contributed by atoms with Crippen LogP contribution >= 0.6 is 0 Å². The van der Waals surface area contributed by atoms with E-state index in [2.05, 4.69) is 5.32 Å². The minimum absolute atomic E-state index is 0.0230. The van der Waals surface area contributed by atoms with Gasteiger partial charge in [0.15, 0.2) is 0 Å². The molecule has 1 heterocycles. The first-order valence-corrected chi connectivity index (χ1v) is 6.54. The Kier molecular flexibility index (Phi) is 4.61. The number of carbonyl (C=O) groups is 1. The van der Waals surface area contributed by atoms with Crippen molar-refractivity contribution < 1.29 is 14.3 Å². The van der Waals surface area contributed by atoms with Gasteiger partial charge in [0.1, 0.15) is 11.3 Å². The van der Waals surface area contributed by atoms with E-state index in [0.717, 1.165) is 13.1 Å². The van der Waals surface area contributed by atoms with Crippen molar-refractivity contribution in [3.8, 4) is 0 Å². The molecule has 1 N–H and O–H groups in total. The SMILES string of the molecule is CCNCC1COC(C)(C)N1C(=O)OC(C)(C)C. The van der Waals surface area contributed by atoms with Crippen LogP contribution in [0.2, 0.25) is 0 Å². The maximum absolute atomic E-state index is 12.2. The molecular weight excluding hydrogens is 232 g/mol. The highest BCUT2D eigenvalue weighted by Crippen LogP contribution is 2.28. The normalized spacial score (nSPS) is 23.2. The molecule has 1 aliphatic rings. The fraction of sp³-hybridized carbons (Fsp3) is 0.923. The van der Waals surface area contributed by atoms with Crippen molar-refractivity contribution in [3.05, 3.63) is 0 Å². The van der Waals surface area contributed by atoms with Crippen LogP contribution in [-0.4, -0.2) is 48.1 Å². The first-order valence-electron chi connectivity index (χ1n) is 6.54. The molecule has 0 saturated carbocycles. The van der Waals surface area contributed by atoms with Gasteiger partial charge in [-0.1, -0.05) is 6.92 Å². The highest BCUT2D eigenvalue weighted by molar-refractivity contribution is 5.69. The highest BCUT2D eigenvalue weighted by Gasteiger charge is 2.45. The Morgan fingerprint density at radius 3 is 2.61 bits per heavy atom. The lowest BCUT2D eigenvalue weighted by atomic mass is 10.2. The Balaban J connectivity index is 2.75. The Bertz CT molecular complexity index is 297. The molecule has 1 amide bonds. The van der Waals surface area contributed by atoms with Crippen LogP contribution in [0.15, 0.2) is 0 Å². The van der Waals surface area contributed by atoms with Gasteiger partial charge in [0, 0.05) is 6.54 Å². The van der Waals surface area contributed by atoms with Crippen LogP contribution in [0.4, 0.5) is 4.79 Å². The van der Waals surface area contributed by atoms with Crippen molar-refractivity contribution in [3.63, 3.8) is 0 Å². The van der Waals surface area contributed by atoms with E-state index in [9.17, 15) is 4.79 Å². The largest absolute Gasteiger partial charge is 0.444 e. The number of hydrogen-bond acceptors (Lipinski definition) is 4. The van der Waals surface area contributed by atoms with Gasteiger partial charge in [-0.15, -0.1) is 0 Å². The third-order valence-corrected chi connectivity index (χ3v) is 2.79. The predicted molar refractivity (Wildman–Crippen MR) is 70.4 cm³/mol. The van der Waals surface area contributed by atoms with Crippen molar-refractivity contribution in [2.24, 2.45) is 0 Å². The van der Waals surface area contributed by atoms with Crippen LogP contribution < -0.4 is 5.32 Å². The number of hydrogen-bond donors (Lipinski definition) is 1. The smallest absolute Gasteiger partial charge is 0.412 e. The van der Waals surface area contributed by atoms with E-state index in [1.807, 2.05) is 41.5 Å². The summed E-state index contributed by atoms with van der Waals surface area (Å²) < 4.78 is 11.1. The second kappa shape index (κ2) is 5.45. The average molecular weight is 258 g/mol. The molecule has 0 aromatic heterocycles. The lowest BCUT2D eigenvalue weighted by molar-refractivity contribution is -0.0623. The summed E-state index contributed by atoms with van der Waals surface area (Å²) in [5.74, 6) is 0. The van der Waals surface area contributed by atoms with Gasteiger partial charge in [-0.3, -0.25) is 4.90 Å². The lowest BCUT2D eigenvalue weighted by Gasteiger charge is -2.35. The Labute approximate surface area is 110 Å². The predicted octanol–water partition coefficient (Wildman–Crippen LogP) is 1.97. The van der Waals surface area contributed by atoms with E-state index in [1.54, 1.807) is 4.90 Å². The zero-order valence-corrected chi connectivity index (χ0v) is 12.4. The van der Waals surface area contributed by atoms with E-state index in [0.29, 0.717) is 6.61 Å². The van der Waals surface area contributed by atoms with E-state index in [4.69, 9.17) is 9.47 Å². The van der Waals surface area contributed by atoms with Crippen LogP contribution in [0.1, 0.15) is 41.5 Å². The second-order valence-corrected chi connectivity index (χ2v) is 6.07. The van der Waals surface area contributed by atoms with Gasteiger partial charge < -0.3 is 14.8 Å².